The third kappa shape index (κ3) is 7.07. The van der Waals surface area contributed by atoms with Crippen molar-refractivity contribution >= 4 is 74.6 Å². The Kier molecular flexibility index (Phi) is 9.01. The first kappa shape index (κ1) is 13.5. The molecular weight excluding hydrogens is 183 g/mol. The summed E-state index contributed by atoms with van der Waals surface area (Å²) in [6.45, 7) is 0. The van der Waals surface area contributed by atoms with Gasteiger partial charge in [0.05, 0.1) is 6.42 Å². The van der Waals surface area contributed by atoms with E-state index >= 15 is 0 Å². The molecule has 4 nitrogen and oxygen atoms in total. The molecule has 0 fully saturated rings. The SMILES string of the molecule is O=C(O)C(O)CC(O)=S.[KH]. The predicted molar refractivity (Wildman–Crippen MR) is 40.6 cm³/mol. The van der Waals surface area contributed by atoms with Crippen LogP contribution in [0.4, 0.5) is 0 Å². The zero-order valence-electron chi connectivity index (χ0n) is 4.44. The molecule has 6 heteroatoms. The maximum absolute atomic E-state index is 9.81. The molecule has 1 unspecified atom stereocenters. The summed E-state index contributed by atoms with van der Waals surface area (Å²) in [6, 6.07) is 0. The van der Waals surface area contributed by atoms with Gasteiger partial charge in [0, 0.05) is 0 Å². The fraction of sp³-hybridized carbons (Fsp3) is 0.500. The molecule has 0 rings (SSSR count). The van der Waals surface area contributed by atoms with Gasteiger partial charge in [-0.05, 0) is 12.2 Å². The van der Waals surface area contributed by atoms with Gasteiger partial charge in [-0.3, -0.25) is 0 Å². The standard InChI is InChI=1S/C4H6O4S.K.H/c5-2(4(7)8)1-3(6)9;;/h2,5H,1H2,(H,6,9)(H,7,8);;. The van der Waals surface area contributed by atoms with Crippen LogP contribution in [0.15, 0.2) is 0 Å². The van der Waals surface area contributed by atoms with Crippen molar-refractivity contribution < 1.29 is 20.1 Å². The fourth-order valence-corrected chi connectivity index (χ4v) is 0.411. The van der Waals surface area contributed by atoms with Crippen LogP contribution in [0.2, 0.25) is 0 Å². The fourth-order valence-electron chi connectivity index (χ4n) is 0.253. The van der Waals surface area contributed by atoms with Crippen molar-refractivity contribution in [3.63, 3.8) is 0 Å². The van der Waals surface area contributed by atoms with E-state index in [0.717, 1.165) is 0 Å². The van der Waals surface area contributed by atoms with Gasteiger partial charge in [-0.15, -0.1) is 0 Å². The van der Waals surface area contributed by atoms with Gasteiger partial charge in [0.25, 0.3) is 0 Å². The topological polar surface area (TPSA) is 77.8 Å². The van der Waals surface area contributed by atoms with E-state index in [1.165, 1.54) is 0 Å². The number of carboxylic acid groups (broad SMARTS) is 1. The normalized spacial score (nSPS) is 11.3. The first-order valence-electron chi connectivity index (χ1n) is 2.16. The summed E-state index contributed by atoms with van der Waals surface area (Å²) in [5.41, 5.74) is 0. The molecular formula is C4H7KO4S. The molecule has 0 aromatic rings. The van der Waals surface area contributed by atoms with Gasteiger partial charge in [0.2, 0.25) is 0 Å². The Morgan fingerprint density at radius 1 is 1.50 bits per heavy atom. The van der Waals surface area contributed by atoms with Crippen LogP contribution in [0.5, 0.6) is 0 Å². The van der Waals surface area contributed by atoms with Crippen molar-refractivity contribution in [2.24, 2.45) is 0 Å². The van der Waals surface area contributed by atoms with E-state index in [1.54, 1.807) is 0 Å². The van der Waals surface area contributed by atoms with E-state index in [2.05, 4.69) is 12.2 Å². The van der Waals surface area contributed by atoms with Crippen LogP contribution in [0.1, 0.15) is 6.42 Å². The number of carboxylic acids is 1. The summed E-state index contributed by atoms with van der Waals surface area (Å²) >= 11 is 4.12. The first-order chi connectivity index (χ1) is 4.04. The molecule has 0 aromatic heterocycles. The average Bonchev–Trinajstić information content (AvgIpc) is 1.63. The van der Waals surface area contributed by atoms with Crippen molar-refractivity contribution in [1.82, 2.24) is 0 Å². The molecule has 0 amide bonds. The van der Waals surface area contributed by atoms with Gasteiger partial charge < -0.3 is 15.3 Å². The number of hydrogen-bond acceptors (Lipinski definition) is 3. The second-order valence-corrected chi connectivity index (χ2v) is 1.92. The summed E-state index contributed by atoms with van der Waals surface area (Å²) < 4.78 is 0. The molecule has 0 saturated heterocycles. The number of rotatable bonds is 3. The molecule has 0 aliphatic rings. The minimum absolute atomic E-state index is 0. The Hall–Kier alpha value is 0.956. The van der Waals surface area contributed by atoms with Crippen molar-refractivity contribution in [3.8, 4) is 0 Å². The summed E-state index contributed by atoms with van der Waals surface area (Å²) in [6.07, 6.45) is -1.97. The summed E-state index contributed by atoms with van der Waals surface area (Å²) in [7, 11) is 0. The van der Waals surface area contributed by atoms with Gasteiger partial charge in [-0.1, -0.05) is 0 Å². The number of carbonyl (C=O) groups is 1. The number of aliphatic carboxylic acids is 1. The van der Waals surface area contributed by atoms with Crippen LogP contribution in [-0.2, 0) is 4.79 Å². The Morgan fingerprint density at radius 3 is 2.00 bits per heavy atom. The summed E-state index contributed by atoms with van der Waals surface area (Å²) in [5, 5.41) is 24.2. The number of aliphatic hydroxyl groups is 2. The minimum atomic E-state index is -1.58. The molecule has 0 radical (unpaired) electrons. The van der Waals surface area contributed by atoms with E-state index in [9.17, 15) is 4.79 Å². The van der Waals surface area contributed by atoms with Gasteiger partial charge in [0.1, 0.15) is 0 Å². The van der Waals surface area contributed by atoms with Crippen molar-refractivity contribution in [2.45, 2.75) is 12.5 Å². The molecule has 54 valence electrons. The molecule has 0 saturated carbocycles. The molecule has 0 spiro atoms. The Balaban J connectivity index is 0. The third-order valence-corrected chi connectivity index (χ3v) is 0.820. The number of thiocarbonyl (C=S) groups is 1. The molecule has 1 atom stereocenters. The second kappa shape index (κ2) is 6.65. The molecule has 0 aromatic carbocycles. The summed E-state index contributed by atoms with van der Waals surface area (Å²) in [4.78, 5) is 9.81. The van der Waals surface area contributed by atoms with Gasteiger partial charge in [-0.25, -0.2) is 4.79 Å². The van der Waals surface area contributed by atoms with Crippen LogP contribution < -0.4 is 0 Å². The van der Waals surface area contributed by atoms with Crippen LogP contribution in [0.25, 0.3) is 0 Å². The van der Waals surface area contributed by atoms with E-state index < -0.39 is 17.1 Å². The van der Waals surface area contributed by atoms with Gasteiger partial charge in [-0.2, -0.15) is 0 Å². The molecule has 10 heavy (non-hydrogen) atoms. The van der Waals surface area contributed by atoms with Crippen LogP contribution in [0.3, 0.4) is 0 Å². The molecule has 3 N–H and O–H groups in total. The zero-order valence-corrected chi connectivity index (χ0v) is 5.26. The van der Waals surface area contributed by atoms with E-state index in [4.69, 9.17) is 15.3 Å². The quantitative estimate of drug-likeness (QED) is 0.395. The van der Waals surface area contributed by atoms with E-state index in [0.29, 0.717) is 0 Å². The average molecular weight is 190 g/mol. The van der Waals surface area contributed by atoms with E-state index in [-0.39, 0.29) is 57.8 Å². The zero-order chi connectivity index (χ0) is 7.44. The summed E-state index contributed by atoms with van der Waals surface area (Å²) in [5.74, 6) is -1.38. The predicted octanol–water partition coefficient (Wildman–Crippen LogP) is -0.941. The Labute approximate surface area is 106 Å². The third-order valence-electron chi connectivity index (χ3n) is 0.653. The number of aliphatic hydroxyl groups excluding tert-OH is 2. The molecule has 0 heterocycles. The van der Waals surface area contributed by atoms with Crippen LogP contribution in [-0.4, -0.2) is 83.8 Å². The Morgan fingerprint density at radius 2 is 1.90 bits per heavy atom. The monoisotopic (exact) mass is 190 g/mol. The molecule has 0 aliphatic heterocycles. The molecule has 0 bridgehead atoms. The van der Waals surface area contributed by atoms with Crippen LogP contribution in [0, 0.1) is 0 Å². The molecule has 0 aliphatic carbocycles. The van der Waals surface area contributed by atoms with E-state index in [1.807, 2.05) is 0 Å². The van der Waals surface area contributed by atoms with Crippen LogP contribution >= 0.6 is 12.2 Å². The number of hydrogen-bond donors (Lipinski definition) is 3. The van der Waals surface area contributed by atoms with Gasteiger partial charge >= 0.3 is 57.4 Å². The van der Waals surface area contributed by atoms with Gasteiger partial charge in [0.15, 0.2) is 11.2 Å². The van der Waals surface area contributed by atoms with Crippen molar-refractivity contribution in [3.05, 3.63) is 0 Å². The maximum atomic E-state index is 9.81. The Bertz CT molecular complexity index is 137. The van der Waals surface area contributed by atoms with Crippen molar-refractivity contribution in [1.29, 1.82) is 0 Å². The second-order valence-electron chi connectivity index (χ2n) is 1.45. The van der Waals surface area contributed by atoms with Crippen molar-refractivity contribution in [2.75, 3.05) is 0 Å². The first-order valence-corrected chi connectivity index (χ1v) is 2.57.